The minimum Gasteiger partial charge on any atom is -0.379 e. The van der Waals surface area contributed by atoms with Crippen LogP contribution in [0.5, 0.6) is 0 Å². The van der Waals surface area contributed by atoms with Gasteiger partial charge in [-0.05, 0) is 79.4 Å². The second kappa shape index (κ2) is 20.6. The Bertz CT molecular complexity index is 3090. The van der Waals surface area contributed by atoms with E-state index in [9.17, 15) is 26.4 Å². The lowest BCUT2D eigenvalue weighted by atomic mass is 9.99. The Morgan fingerprint density at radius 1 is 0.567 bits per heavy atom. The van der Waals surface area contributed by atoms with Crippen molar-refractivity contribution in [3.63, 3.8) is 0 Å². The van der Waals surface area contributed by atoms with Crippen LogP contribution < -0.4 is 0 Å². The molecule has 2 fully saturated rings. The number of Topliss-reactive ketones (excluding diaryl/α,β-unsaturated/α-hetero) is 2. The first kappa shape index (κ1) is 47.1. The van der Waals surface area contributed by atoms with Crippen LogP contribution in [0.15, 0.2) is 150 Å². The molecule has 0 bridgehead atoms. The maximum Gasteiger partial charge on any atom is 0.243 e. The van der Waals surface area contributed by atoms with E-state index in [1.807, 2.05) is 97.9 Å². The van der Waals surface area contributed by atoms with Crippen molar-refractivity contribution in [1.29, 1.82) is 0 Å². The number of nitrogens with zero attached hydrogens (tertiary/aromatic N) is 6. The first-order chi connectivity index (χ1) is 32.3. The van der Waals surface area contributed by atoms with E-state index >= 15 is 0 Å². The topological polar surface area (TPSA) is 163 Å². The molecule has 0 amide bonds. The number of rotatable bonds is 13. The minimum absolute atomic E-state index is 0.0608. The quantitative estimate of drug-likeness (QED) is 0.108. The highest BCUT2D eigenvalue weighted by Gasteiger charge is 2.30. The van der Waals surface area contributed by atoms with Gasteiger partial charge in [-0.1, -0.05) is 90.5 Å². The van der Waals surface area contributed by atoms with Gasteiger partial charge in [0.25, 0.3) is 0 Å². The van der Waals surface area contributed by atoms with Gasteiger partial charge in [-0.3, -0.25) is 9.59 Å². The van der Waals surface area contributed by atoms with E-state index in [0.29, 0.717) is 91.7 Å². The predicted octanol–water partition coefficient (Wildman–Crippen LogP) is 7.23. The van der Waals surface area contributed by atoms with E-state index in [2.05, 4.69) is 5.10 Å². The molecular formula is C51H52N6O8S2. The fourth-order valence-corrected chi connectivity index (χ4v) is 11.3. The Morgan fingerprint density at radius 3 is 1.55 bits per heavy atom. The molecule has 0 spiro atoms. The standard InChI is InChI=1S/C29H29N3O4S.C22H23N3O4S/c1-21-8-12-24(13-9-21)29-26(20-32(30-29)25-6-4-3-5-7-25)27(33)18-23-11-10-22(2)28(19-23)37(34,35)31-14-16-36-17-15-31;1-17-7-8-18(14-22(17)30(27,28)24-9-11-29-12-10-24)13-21(26)19-15-23-25(16-19)20-5-3-2-4-6-20/h3-13,19-20H,14-18H2,1-2H3;2-8,14-16H,9-13H2,1H3. The highest BCUT2D eigenvalue weighted by atomic mass is 32.2. The molecule has 0 radical (unpaired) electrons. The van der Waals surface area contributed by atoms with Crippen molar-refractivity contribution in [2.75, 3.05) is 52.6 Å². The van der Waals surface area contributed by atoms with Crippen molar-refractivity contribution in [3.05, 3.63) is 179 Å². The molecule has 0 atom stereocenters. The van der Waals surface area contributed by atoms with E-state index in [0.717, 1.165) is 22.5 Å². The van der Waals surface area contributed by atoms with Crippen LogP contribution in [0.1, 0.15) is 48.5 Å². The summed E-state index contributed by atoms with van der Waals surface area (Å²) in [6, 6.07) is 37.5. The van der Waals surface area contributed by atoms with Crippen LogP contribution >= 0.6 is 0 Å². The number of benzene rings is 5. The van der Waals surface area contributed by atoms with E-state index in [4.69, 9.17) is 14.6 Å². The molecule has 2 aromatic heterocycles. The lowest BCUT2D eigenvalue weighted by Gasteiger charge is -2.26. The van der Waals surface area contributed by atoms with Gasteiger partial charge in [0, 0.05) is 57.0 Å². The maximum absolute atomic E-state index is 13.6. The zero-order valence-corrected chi connectivity index (χ0v) is 39.2. The third-order valence-corrected chi connectivity index (χ3v) is 15.8. The van der Waals surface area contributed by atoms with Crippen molar-refractivity contribution in [2.24, 2.45) is 0 Å². The van der Waals surface area contributed by atoms with Crippen LogP contribution in [-0.2, 0) is 42.4 Å². The highest BCUT2D eigenvalue weighted by Crippen LogP contribution is 2.28. The van der Waals surface area contributed by atoms with Gasteiger partial charge in [-0.25, -0.2) is 26.2 Å². The van der Waals surface area contributed by atoms with Gasteiger partial charge in [0.2, 0.25) is 20.0 Å². The molecule has 16 heteroatoms. The molecule has 0 unspecified atom stereocenters. The number of sulfonamides is 2. The van der Waals surface area contributed by atoms with Crippen molar-refractivity contribution in [2.45, 2.75) is 43.4 Å². The highest BCUT2D eigenvalue weighted by molar-refractivity contribution is 7.89. The first-order valence-electron chi connectivity index (χ1n) is 22.0. The lowest BCUT2D eigenvalue weighted by molar-refractivity contribution is 0.0730. The molecule has 7 aromatic rings. The van der Waals surface area contributed by atoms with E-state index in [1.165, 1.54) is 14.8 Å². The van der Waals surface area contributed by atoms with Gasteiger partial charge in [0.1, 0.15) is 5.69 Å². The van der Waals surface area contributed by atoms with Gasteiger partial charge in [0.05, 0.1) is 64.9 Å². The van der Waals surface area contributed by atoms with Crippen LogP contribution in [0, 0.1) is 20.8 Å². The fourth-order valence-electron chi connectivity index (χ4n) is 7.89. The number of carbonyl (C=O) groups excluding carboxylic acids is 2. The Morgan fingerprint density at radius 2 is 1.04 bits per heavy atom. The molecule has 67 heavy (non-hydrogen) atoms. The van der Waals surface area contributed by atoms with Crippen LogP contribution in [0.3, 0.4) is 0 Å². The number of morpholine rings is 2. The third-order valence-electron chi connectivity index (χ3n) is 11.7. The molecule has 14 nitrogen and oxygen atoms in total. The van der Waals surface area contributed by atoms with Crippen LogP contribution in [-0.4, -0.2) is 109 Å². The Hall–Kier alpha value is -6.40. The number of para-hydroxylation sites is 2. The largest absolute Gasteiger partial charge is 0.379 e. The van der Waals surface area contributed by atoms with E-state index in [-0.39, 0.29) is 34.2 Å². The van der Waals surface area contributed by atoms with Crippen LogP contribution in [0.2, 0.25) is 0 Å². The summed E-state index contributed by atoms with van der Waals surface area (Å²) in [6.45, 7) is 8.41. The summed E-state index contributed by atoms with van der Waals surface area (Å²) in [5.41, 5.74) is 7.87. The summed E-state index contributed by atoms with van der Waals surface area (Å²) in [5, 5.41) is 9.02. The van der Waals surface area contributed by atoms with Crippen molar-refractivity contribution < 1.29 is 35.9 Å². The monoisotopic (exact) mass is 940 g/mol. The predicted molar refractivity (Wildman–Crippen MR) is 255 cm³/mol. The smallest absolute Gasteiger partial charge is 0.243 e. The molecule has 2 saturated heterocycles. The van der Waals surface area contributed by atoms with Gasteiger partial charge >= 0.3 is 0 Å². The zero-order chi connectivity index (χ0) is 47.1. The SMILES string of the molecule is Cc1ccc(-c2nn(-c3ccccc3)cc2C(=O)Cc2ccc(C)c(S(=O)(=O)N3CCOCC3)c2)cc1.Cc1ccc(CC(=O)c2cnn(-c3ccccc3)c2)cc1S(=O)(=O)N1CCOCC1. The molecule has 5 aromatic carbocycles. The molecule has 4 heterocycles. The third kappa shape index (κ3) is 10.9. The molecule has 2 aliphatic heterocycles. The van der Waals surface area contributed by atoms with Gasteiger partial charge < -0.3 is 9.47 Å². The van der Waals surface area contributed by atoms with Crippen LogP contribution in [0.4, 0.5) is 0 Å². The number of hydrogen-bond acceptors (Lipinski definition) is 10. The summed E-state index contributed by atoms with van der Waals surface area (Å²) in [5.74, 6) is -0.243. The number of carbonyl (C=O) groups is 2. The minimum atomic E-state index is -3.68. The first-order valence-corrected chi connectivity index (χ1v) is 24.9. The second-order valence-electron chi connectivity index (χ2n) is 16.5. The van der Waals surface area contributed by atoms with Gasteiger partial charge in [0.15, 0.2) is 11.6 Å². The molecule has 9 rings (SSSR count). The second-order valence-corrected chi connectivity index (χ2v) is 20.3. The fraction of sp³-hybridized carbons (Fsp3) is 0.255. The number of aromatic nitrogens is 4. The number of ether oxygens (including phenoxy) is 2. The maximum atomic E-state index is 13.6. The Balaban J connectivity index is 0.000000186. The molecule has 346 valence electrons. The van der Waals surface area contributed by atoms with Crippen LogP contribution in [0.25, 0.3) is 22.6 Å². The average molecular weight is 941 g/mol. The molecular weight excluding hydrogens is 889 g/mol. The average Bonchev–Trinajstić information content (AvgIpc) is 4.04. The summed E-state index contributed by atoms with van der Waals surface area (Å²) >= 11 is 0. The Labute approximate surface area is 391 Å². The number of ketones is 2. The number of hydrogen-bond donors (Lipinski definition) is 0. The summed E-state index contributed by atoms with van der Waals surface area (Å²) < 4.78 is 69.6. The molecule has 0 aliphatic carbocycles. The molecule has 0 N–H and O–H groups in total. The normalized spacial score (nSPS) is 14.9. The van der Waals surface area contributed by atoms with E-state index < -0.39 is 20.0 Å². The summed E-state index contributed by atoms with van der Waals surface area (Å²) in [4.78, 5) is 26.9. The molecule has 2 aliphatic rings. The Kier molecular flexibility index (Phi) is 14.5. The number of aryl methyl sites for hydroxylation is 3. The lowest BCUT2D eigenvalue weighted by Crippen LogP contribution is -2.40. The summed E-state index contributed by atoms with van der Waals surface area (Å²) in [7, 11) is -7.30. The van der Waals surface area contributed by atoms with Gasteiger partial charge in [-0.2, -0.15) is 18.8 Å². The van der Waals surface area contributed by atoms with Crippen molar-refractivity contribution >= 4 is 31.6 Å². The molecule has 0 saturated carbocycles. The zero-order valence-electron chi connectivity index (χ0n) is 37.6. The van der Waals surface area contributed by atoms with Crippen molar-refractivity contribution in [3.8, 4) is 22.6 Å². The van der Waals surface area contributed by atoms with Gasteiger partial charge in [-0.15, -0.1) is 0 Å². The summed E-state index contributed by atoms with van der Waals surface area (Å²) in [6.07, 6.45) is 5.15. The van der Waals surface area contributed by atoms with Crippen molar-refractivity contribution in [1.82, 2.24) is 28.2 Å². The van der Waals surface area contributed by atoms with E-state index in [1.54, 1.807) is 65.9 Å².